The molecule has 4 nitrogen and oxygen atoms in total. The van der Waals surface area contributed by atoms with Crippen LogP contribution in [-0.4, -0.2) is 25.4 Å². The molecule has 2 rings (SSSR count). The Morgan fingerprint density at radius 2 is 1.83 bits per heavy atom. The van der Waals surface area contributed by atoms with Gasteiger partial charge in [-0.05, 0) is 12.5 Å². The van der Waals surface area contributed by atoms with E-state index in [9.17, 15) is 4.79 Å². The second-order valence-electron chi connectivity index (χ2n) is 5.12. The number of hydrogen-bond donors (Lipinski definition) is 1. The molecule has 0 radical (unpaired) electrons. The van der Waals surface area contributed by atoms with Gasteiger partial charge in [0.25, 0.3) is 0 Å². The second-order valence-corrected chi connectivity index (χ2v) is 6.85. The molecule has 6 heteroatoms. The van der Waals surface area contributed by atoms with Gasteiger partial charge in [-0.3, -0.25) is 4.79 Å². The van der Waals surface area contributed by atoms with Crippen molar-refractivity contribution >= 4 is 35.0 Å². The fourth-order valence-electron chi connectivity index (χ4n) is 2.06. The highest BCUT2D eigenvalue weighted by atomic mass is 35.5. The molecule has 2 aromatic carbocycles. The largest absolute Gasteiger partial charge is 0.495 e. The lowest BCUT2D eigenvalue weighted by Gasteiger charge is -2.16. The van der Waals surface area contributed by atoms with Crippen LogP contribution in [0.2, 0.25) is 5.02 Å². The minimum absolute atomic E-state index is 0.0985. The summed E-state index contributed by atoms with van der Waals surface area (Å²) < 4.78 is 10.5. The maximum Gasteiger partial charge on any atom is 0.237 e. The molecule has 0 aliphatic heterocycles. The first-order valence-corrected chi connectivity index (χ1v) is 8.85. The third-order valence-corrected chi connectivity index (χ3v) is 4.95. The monoisotopic (exact) mass is 365 g/mol. The van der Waals surface area contributed by atoms with Gasteiger partial charge in [0.05, 0.1) is 30.2 Å². The molecule has 0 aliphatic rings. The molecule has 0 heterocycles. The van der Waals surface area contributed by atoms with E-state index in [0.717, 1.165) is 5.75 Å². The number of amides is 1. The zero-order chi connectivity index (χ0) is 17.5. The fraction of sp³-hybridized carbons (Fsp3) is 0.278. The predicted molar refractivity (Wildman–Crippen MR) is 100 cm³/mol. The summed E-state index contributed by atoms with van der Waals surface area (Å²) in [5.74, 6) is 1.65. The van der Waals surface area contributed by atoms with Crippen molar-refractivity contribution < 1.29 is 14.3 Å². The molecule has 1 atom stereocenters. The summed E-state index contributed by atoms with van der Waals surface area (Å²) in [6, 6.07) is 13.3. The van der Waals surface area contributed by atoms with E-state index < -0.39 is 0 Å². The summed E-state index contributed by atoms with van der Waals surface area (Å²) in [7, 11) is 3.05. The molecule has 1 N–H and O–H groups in total. The lowest BCUT2D eigenvalue weighted by atomic mass is 10.2. The smallest absolute Gasteiger partial charge is 0.237 e. The van der Waals surface area contributed by atoms with Gasteiger partial charge in [0.2, 0.25) is 5.91 Å². The van der Waals surface area contributed by atoms with E-state index in [1.165, 1.54) is 19.8 Å². The van der Waals surface area contributed by atoms with Crippen LogP contribution in [0.4, 0.5) is 5.69 Å². The molecule has 0 aliphatic carbocycles. The minimum atomic E-state index is -0.211. The number of nitrogens with one attached hydrogen (secondary N) is 1. The average Bonchev–Trinajstić information content (AvgIpc) is 2.61. The maximum absolute atomic E-state index is 12.4. The predicted octanol–water partition coefficient (Wildman–Crippen LogP) is 4.62. The standard InChI is InChI=1S/C18H20ClNO3S/c1-12(24-11-13-7-5-4-6-8-13)18(21)20-15-10-16(22-2)14(19)9-17(15)23-3/h4-10,12H,11H2,1-3H3,(H,20,21). The molecule has 24 heavy (non-hydrogen) atoms. The van der Waals surface area contributed by atoms with E-state index in [1.54, 1.807) is 23.9 Å². The van der Waals surface area contributed by atoms with E-state index in [1.807, 2.05) is 37.3 Å². The van der Waals surface area contributed by atoms with E-state index in [-0.39, 0.29) is 11.2 Å². The zero-order valence-electron chi connectivity index (χ0n) is 13.8. The highest BCUT2D eigenvalue weighted by Gasteiger charge is 2.17. The Hall–Kier alpha value is -1.85. The van der Waals surface area contributed by atoms with Gasteiger partial charge in [-0.2, -0.15) is 0 Å². The highest BCUT2D eigenvalue weighted by Crippen LogP contribution is 2.36. The van der Waals surface area contributed by atoms with Crippen LogP contribution < -0.4 is 14.8 Å². The molecule has 2 aromatic rings. The van der Waals surface area contributed by atoms with Crippen LogP contribution in [0.5, 0.6) is 11.5 Å². The van der Waals surface area contributed by atoms with Crippen LogP contribution in [-0.2, 0) is 10.5 Å². The summed E-state index contributed by atoms with van der Waals surface area (Å²) in [5, 5.41) is 3.09. The molecule has 0 saturated carbocycles. The Morgan fingerprint density at radius 3 is 2.46 bits per heavy atom. The first-order chi connectivity index (χ1) is 11.5. The van der Waals surface area contributed by atoms with Gasteiger partial charge in [-0.1, -0.05) is 41.9 Å². The summed E-state index contributed by atoms with van der Waals surface area (Å²) >= 11 is 7.65. The molecular weight excluding hydrogens is 346 g/mol. The number of benzene rings is 2. The van der Waals surface area contributed by atoms with Crippen molar-refractivity contribution in [2.75, 3.05) is 19.5 Å². The SMILES string of the molecule is COc1cc(NC(=O)C(C)SCc2ccccc2)c(OC)cc1Cl. The highest BCUT2D eigenvalue weighted by molar-refractivity contribution is 7.99. The molecule has 0 bridgehead atoms. The number of rotatable bonds is 7. The van der Waals surface area contributed by atoms with Gasteiger partial charge in [0.1, 0.15) is 11.5 Å². The van der Waals surface area contributed by atoms with Crippen LogP contribution in [0.15, 0.2) is 42.5 Å². The lowest BCUT2D eigenvalue weighted by Crippen LogP contribution is -2.23. The van der Waals surface area contributed by atoms with Crippen LogP contribution >= 0.6 is 23.4 Å². The third kappa shape index (κ3) is 4.82. The summed E-state index contributed by atoms with van der Waals surface area (Å²) in [5.41, 5.74) is 1.73. The van der Waals surface area contributed by atoms with Crippen molar-refractivity contribution in [3.05, 3.63) is 53.1 Å². The molecule has 128 valence electrons. The topological polar surface area (TPSA) is 47.6 Å². The number of halogens is 1. The Kier molecular flexibility index (Phi) is 6.82. The molecule has 0 spiro atoms. The Bertz CT molecular complexity index is 694. The fourth-order valence-corrected chi connectivity index (χ4v) is 3.14. The Morgan fingerprint density at radius 1 is 1.17 bits per heavy atom. The molecule has 0 fully saturated rings. The molecule has 0 aromatic heterocycles. The number of carbonyl (C=O) groups is 1. The van der Waals surface area contributed by atoms with E-state index in [2.05, 4.69) is 5.32 Å². The van der Waals surface area contributed by atoms with Crippen molar-refractivity contribution in [2.24, 2.45) is 0 Å². The van der Waals surface area contributed by atoms with Gasteiger partial charge in [-0.15, -0.1) is 11.8 Å². The number of carbonyl (C=O) groups excluding carboxylic acids is 1. The first-order valence-electron chi connectivity index (χ1n) is 7.43. The lowest BCUT2D eigenvalue weighted by molar-refractivity contribution is -0.115. The van der Waals surface area contributed by atoms with Crippen molar-refractivity contribution in [3.8, 4) is 11.5 Å². The van der Waals surface area contributed by atoms with E-state index >= 15 is 0 Å². The van der Waals surface area contributed by atoms with Gasteiger partial charge in [0.15, 0.2) is 0 Å². The van der Waals surface area contributed by atoms with Crippen molar-refractivity contribution in [1.82, 2.24) is 0 Å². The quantitative estimate of drug-likeness (QED) is 0.777. The van der Waals surface area contributed by atoms with Gasteiger partial charge < -0.3 is 14.8 Å². The zero-order valence-corrected chi connectivity index (χ0v) is 15.4. The van der Waals surface area contributed by atoms with Crippen molar-refractivity contribution in [1.29, 1.82) is 0 Å². The third-order valence-electron chi connectivity index (χ3n) is 3.44. The molecule has 1 unspecified atom stereocenters. The van der Waals surface area contributed by atoms with E-state index in [4.69, 9.17) is 21.1 Å². The average molecular weight is 366 g/mol. The summed E-state index contributed by atoms with van der Waals surface area (Å²) in [6.45, 7) is 1.88. The number of methoxy groups -OCH3 is 2. The van der Waals surface area contributed by atoms with Crippen LogP contribution in [0.3, 0.4) is 0 Å². The number of ether oxygens (including phenoxy) is 2. The first kappa shape index (κ1) is 18.5. The maximum atomic E-state index is 12.4. The van der Waals surface area contributed by atoms with Crippen LogP contribution in [0, 0.1) is 0 Å². The van der Waals surface area contributed by atoms with Crippen molar-refractivity contribution in [2.45, 2.75) is 17.9 Å². The van der Waals surface area contributed by atoms with Gasteiger partial charge in [0, 0.05) is 17.9 Å². The molecular formula is C18H20ClNO3S. The van der Waals surface area contributed by atoms with Gasteiger partial charge in [-0.25, -0.2) is 0 Å². The number of thioether (sulfide) groups is 1. The van der Waals surface area contributed by atoms with Crippen LogP contribution in [0.1, 0.15) is 12.5 Å². The minimum Gasteiger partial charge on any atom is -0.495 e. The van der Waals surface area contributed by atoms with Crippen molar-refractivity contribution in [3.63, 3.8) is 0 Å². The summed E-state index contributed by atoms with van der Waals surface area (Å²) in [4.78, 5) is 12.4. The number of hydrogen-bond acceptors (Lipinski definition) is 4. The normalized spacial score (nSPS) is 11.7. The second kappa shape index (κ2) is 8.85. The van der Waals surface area contributed by atoms with Crippen LogP contribution in [0.25, 0.3) is 0 Å². The number of anilines is 1. The Balaban J connectivity index is 2.03. The summed E-state index contributed by atoms with van der Waals surface area (Å²) in [6.07, 6.45) is 0. The Labute approximate surface area is 151 Å². The molecule has 1 amide bonds. The van der Waals surface area contributed by atoms with Gasteiger partial charge >= 0.3 is 0 Å². The molecule has 0 saturated heterocycles. The van der Waals surface area contributed by atoms with E-state index in [0.29, 0.717) is 22.2 Å².